The first-order chi connectivity index (χ1) is 41.3. The van der Waals surface area contributed by atoms with Crippen molar-refractivity contribution in [2.24, 2.45) is 0 Å². The number of nitrogens with one attached hydrogen (secondary N) is 2. The molecular weight excluding hydrogens is 1220 g/mol. The maximum Gasteiger partial charge on any atom is 0.322 e. The van der Waals surface area contributed by atoms with Crippen LogP contribution in [0.5, 0.6) is 11.5 Å². The monoisotopic (exact) mass is 1290 g/mol. The third-order valence-corrected chi connectivity index (χ3v) is 19.0. The van der Waals surface area contributed by atoms with Gasteiger partial charge in [0.05, 0.1) is 38.0 Å². The van der Waals surface area contributed by atoms with Gasteiger partial charge in [-0.15, -0.1) is 0 Å². The van der Waals surface area contributed by atoms with E-state index in [0.717, 1.165) is 11.3 Å². The number of hydrogen-bond donors (Lipinski definition) is 7. The van der Waals surface area contributed by atoms with E-state index in [2.05, 4.69) is 20.2 Å². The molecule has 3 heterocycles. The molecule has 1 aliphatic carbocycles. The number of hydrogen-bond acceptors (Lipinski definition) is 15. The van der Waals surface area contributed by atoms with Gasteiger partial charge in [0, 0.05) is 72.0 Å². The third-order valence-electron chi connectivity index (χ3n) is 15.6. The molecule has 0 radical (unpaired) electrons. The molecule has 2 amide bonds. The van der Waals surface area contributed by atoms with Gasteiger partial charge < -0.3 is 30.1 Å². The van der Waals surface area contributed by atoms with Gasteiger partial charge in [0.15, 0.2) is 5.71 Å². The highest BCUT2D eigenvalue weighted by Crippen LogP contribution is 2.49. The SMILES string of the molecule is CC1(C)C(/C=C/C2=C(Oc3ccc(S(=O)(=O)O)cc3)C(=C/C=C3/N(CCCCS(=O)(=O)O)c4ccc(S(=O)(=O)O)cc4C3(C)C)/CCC2)=[N+](CCCCCC(=O)NCCCOc2cccc3c(C(=O)NCC(=O)O)ccnc23)c2ccc(S(=O)(=O)O)cc21. The number of carboxylic acids is 1. The molecule has 88 heavy (non-hydrogen) atoms. The van der Waals surface area contributed by atoms with Gasteiger partial charge in [0.1, 0.15) is 35.9 Å². The first-order valence-corrected chi connectivity index (χ1v) is 34.2. The van der Waals surface area contributed by atoms with E-state index >= 15 is 0 Å². The maximum absolute atomic E-state index is 13.0. The molecule has 5 aromatic rings. The van der Waals surface area contributed by atoms with Crippen molar-refractivity contribution in [3.63, 3.8) is 0 Å². The van der Waals surface area contributed by atoms with Crippen LogP contribution in [0.25, 0.3) is 10.9 Å². The number of nitrogens with zero attached hydrogens (tertiary/aromatic N) is 3. The Morgan fingerprint density at radius 3 is 2.08 bits per heavy atom. The minimum Gasteiger partial charge on any atom is -0.491 e. The third kappa shape index (κ3) is 16.0. The second-order valence-corrected chi connectivity index (χ2v) is 28.4. The Morgan fingerprint density at radius 2 is 1.40 bits per heavy atom. The van der Waals surface area contributed by atoms with E-state index in [1.165, 1.54) is 60.8 Å². The summed E-state index contributed by atoms with van der Waals surface area (Å²) in [4.78, 5) is 42.0. The molecule has 0 saturated heterocycles. The lowest BCUT2D eigenvalue weighted by Crippen LogP contribution is -2.29. The Bertz CT molecular complexity index is 4190. The first-order valence-electron chi connectivity index (χ1n) is 28.3. The zero-order valence-electron chi connectivity index (χ0n) is 48.8. The molecule has 0 spiro atoms. The predicted octanol–water partition coefficient (Wildman–Crippen LogP) is 8.66. The van der Waals surface area contributed by atoms with E-state index in [1.807, 2.05) is 56.9 Å². The van der Waals surface area contributed by atoms with Gasteiger partial charge in [-0.3, -0.25) is 37.6 Å². The van der Waals surface area contributed by atoms with Crippen molar-refractivity contribution in [3.8, 4) is 11.5 Å². The number of benzene rings is 4. The molecular formula is C61H70N5O18S4+. The van der Waals surface area contributed by atoms with E-state index in [1.54, 1.807) is 30.3 Å². The fourth-order valence-corrected chi connectivity index (χ4v) is 13.3. The molecule has 23 nitrogen and oxygen atoms in total. The molecule has 0 unspecified atom stereocenters. The van der Waals surface area contributed by atoms with Crippen LogP contribution in [0.4, 0.5) is 11.4 Å². The summed E-state index contributed by atoms with van der Waals surface area (Å²) in [5, 5.41) is 14.7. The van der Waals surface area contributed by atoms with Crippen molar-refractivity contribution in [3.05, 3.63) is 155 Å². The highest BCUT2D eigenvalue weighted by molar-refractivity contribution is 7.86. The number of carboxylic acid groups (broad SMARTS) is 1. The number of allylic oxidation sites excluding steroid dienone is 7. The number of ether oxygens (including phenoxy) is 2. The lowest BCUT2D eigenvalue weighted by molar-refractivity contribution is -0.438. The highest BCUT2D eigenvalue weighted by Gasteiger charge is 2.45. The largest absolute Gasteiger partial charge is 0.491 e. The number of carbonyl (C=O) groups is 3. The summed E-state index contributed by atoms with van der Waals surface area (Å²) >= 11 is 0. The van der Waals surface area contributed by atoms with Crippen LogP contribution in [-0.4, -0.2) is 129 Å². The summed E-state index contributed by atoms with van der Waals surface area (Å²) in [6.45, 7) is 8.38. The zero-order chi connectivity index (χ0) is 64.0. The number of unbranched alkanes of at least 4 members (excludes halogenated alkanes) is 3. The van der Waals surface area contributed by atoms with Gasteiger partial charge in [-0.05, 0) is 161 Å². The van der Waals surface area contributed by atoms with Crippen molar-refractivity contribution in [2.45, 2.75) is 117 Å². The number of aromatic nitrogens is 1. The molecule has 8 rings (SSSR count). The predicted molar refractivity (Wildman–Crippen MR) is 328 cm³/mol. The van der Waals surface area contributed by atoms with Crippen molar-refractivity contribution in [1.29, 1.82) is 0 Å². The lowest BCUT2D eigenvalue weighted by Gasteiger charge is -2.27. The van der Waals surface area contributed by atoms with Crippen LogP contribution in [-0.2, 0) is 60.9 Å². The summed E-state index contributed by atoms with van der Waals surface area (Å²) in [5.41, 5.74) is 4.40. The molecule has 0 fully saturated rings. The number of carbonyl (C=O) groups excluding carboxylic acids is 2. The van der Waals surface area contributed by atoms with Crippen LogP contribution in [0.1, 0.15) is 113 Å². The van der Waals surface area contributed by atoms with Crippen molar-refractivity contribution >= 4 is 86.2 Å². The van der Waals surface area contributed by atoms with Crippen LogP contribution >= 0.6 is 0 Å². The first kappa shape index (κ1) is 66.3. The van der Waals surface area contributed by atoms with Gasteiger partial charge >= 0.3 is 5.97 Å². The van der Waals surface area contributed by atoms with Crippen LogP contribution in [0, 0.1) is 0 Å². The van der Waals surface area contributed by atoms with E-state index in [4.69, 9.17) is 14.6 Å². The van der Waals surface area contributed by atoms with Gasteiger partial charge in [0.25, 0.3) is 46.4 Å². The van der Waals surface area contributed by atoms with E-state index < -0.39 is 75.5 Å². The summed E-state index contributed by atoms with van der Waals surface area (Å²) in [7, 11) is -18.0. The van der Waals surface area contributed by atoms with E-state index in [-0.39, 0.29) is 57.9 Å². The average molecular weight is 1290 g/mol. The van der Waals surface area contributed by atoms with Crippen LogP contribution in [0.15, 0.2) is 153 Å². The molecule has 27 heteroatoms. The molecule has 470 valence electrons. The number of para-hydroxylation sites is 1. The molecule has 4 aromatic carbocycles. The summed E-state index contributed by atoms with van der Waals surface area (Å²) < 4.78 is 151. The highest BCUT2D eigenvalue weighted by atomic mass is 32.2. The summed E-state index contributed by atoms with van der Waals surface area (Å²) in [6.07, 6.45) is 13.6. The van der Waals surface area contributed by atoms with E-state index in [9.17, 15) is 66.3 Å². The number of rotatable bonds is 27. The van der Waals surface area contributed by atoms with Gasteiger partial charge in [-0.2, -0.15) is 38.2 Å². The minimum atomic E-state index is -4.60. The van der Waals surface area contributed by atoms with Gasteiger partial charge in [0.2, 0.25) is 11.6 Å². The van der Waals surface area contributed by atoms with Crippen molar-refractivity contribution in [2.75, 3.05) is 43.4 Å². The second-order valence-electron chi connectivity index (χ2n) is 22.5. The number of amides is 2. The van der Waals surface area contributed by atoms with Crippen LogP contribution in [0.2, 0.25) is 0 Å². The average Bonchev–Trinajstić information content (AvgIpc) is 1.79. The smallest absolute Gasteiger partial charge is 0.322 e. The molecule has 7 N–H and O–H groups in total. The molecule has 2 aliphatic heterocycles. The van der Waals surface area contributed by atoms with Crippen LogP contribution < -0.4 is 25.0 Å². The Morgan fingerprint density at radius 1 is 0.716 bits per heavy atom. The lowest BCUT2D eigenvalue weighted by atomic mass is 9.81. The maximum atomic E-state index is 13.0. The summed E-state index contributed by atoms with van der Waals surface area (Å²) in [6, 6.07) is 20.5. The standard InChI is InChI=1S/C61H69N5O18S4/c1-60(2)48-37-44(87(77,78)79)24-26-50(48)65(33-7-5-6-17-55(67)62-31-12-35-83-52-16-11-15-46-47(30-32-63-57(46)52)59(70)64-39-56(68)69)53(60)28-18-40-13-10-14-41(58(40)84-42-20-22-43(23-21-42)86(74,75)76)19-29-54-61(3,4)49-38-45(88(80,81)82)25-27-51(49)66(54)34-8-9-36-85(71,72)73/h11,15-16,18-30,32,37-38H,5-10,12-14,17,31,33-36,39H2,1-4H3,(H6-,62,64,67,68,69,70,71,72,73,74,75,76,77,78,79,80,81,82)/p+1. The molecule has 3 aliphatic rings. The topological polar surface area (TPSA) is 351 Å². The fourth-order valence-electron chi connectivity index (χ4n) is 11.2. The quantitative estimate of drug-likeness (QED) is 0.0147. The molecule has 0 bridgehead atoms. The zero-order valence-corrected chi connectivity index (χ0v) is 52.1. The van der Waals surface area contributed by atoms with Crippen LogP contribution in [0.3, 0.4) is 0 Å². The van der Waals surface area contributed by atoms with Crippen molar-refractivity contribution in [1.82, 2.24) is 15.6 Å². The summed E-state index contributed by atoms with van der Waals surface area (Å²) in [5.74, 6) is -1.29. The van der Waals surface area contributed by atoms with Gasteiger partial charge in [-0.25, -0.2) is 0 Å². The molecule has 0 atom stereocenters. The number of aliphatic carboxylic acids is 1. The normalized spacial score (nSPS) is 16.8. The number of pyridine rings is 1. The minimum absolute atomic E-state index is 0.122. The van der Waals surface area contributed by atoms with E-state index in [0.29, 0.717) is 121 Å². The molecule has 0 saturated carbocycles. The fraction of sp³-hybridized carbons (Fsp3) is 0.361. The second kappa shape index (κ2) is 27.0. The number of anilines is 1. The Balaban J connectivity index is 1.03. The Labute approximate surface area is 511 Å². The molecule has 1 aromatic heterocycles. The number of fused-ring (bicyclic) bond motifs is 3. The Hall–Kier alpha value is -7.63. The van der Waals surface area contributed by atoms with Gasteiger partial charge in [-0.1, -0.05) is 32.1 Å². The Kier molecular flexibility index (Phi) is 20.3. The van der Waals surface area contributed by atoms with Crippen molar-refractivity contribution < 1.29 is 85.4 Å².